The Bertz CT molecular complexity index is 322. The molecule has 0 saturated heterocycles. The third kappa shape index (κ3) is 6.02. The summed E-state index contributed by atoms with van der Waals surface area (Å²) >= 11 is 3.38. The van der Waals surface area contributed by atoms with E-state index >= 15 is 0 Å². The maximum absolute atomic E-state index is 9.02. The quantitative estimate of drug-likeness (QED) is 0.713. The van der Waals surface area contributed by atoms with E-state index in [-0.39, 0.29) is 12.6 Å². The van der Waals surface area contributed by atoms with Gasteiger partial charge in [-0.2, -0.15) is 0 Å². The number of halogens is 1. The molecule has 0 heterocycles. The fourth-order valence-corrected chi connectivity index (χ4v) is 1.74. The van der Waals surface area contributed by atoms with Crippen molar-refractivity contribution in [2.75, 3.05) is 33.5 Å². The number of nitrogens with one attached hydrogen (secondary N) is 1. The fourth-order valence-electron chi connectivity index (χ4n) is 1.37. The van der Waals surface area contributed by atoms with Crippen LogP contribution in [-0.4, -0.2) is 44.6 Å². The first-order valence-electron chi connectivity index (χ1n) is 5.48. The number of benzene rings is 1. The van der Waals surface area contributed by atoms with E-state index in [9.17, 15) is 0 Å². The predicted octanol–water partition coefficient (Wildman–Crippen LogP) is 1.42. The van der Waals surface area contributed by atoms with Gasteiger partial charge in [0.1, 0.15) is 12.4 Å². The van der Waals surface area contributed by atoms with Gasteiger partial charge in [0.15, 0.2) is 0 Å². The number of methoxy groups -OCH3 is 1. The lowest BCUT2D eigenvalue weighted by molar-refractivity contribution is 0.126. The summed E-state index contributed by atoms with van der Waals surface area (Å²) < 4.78 is 11.5. The molecule has 0 amide bonds. The van der Waals surface area contributed by atoms with Gasteiger partial charge in [-0.1, -0.05) is 22.0 Å². The second-order valence-corrected chi connectivity index (χ2v) is 4.51. The first kappa shape index (κ1) is 14.4. The van der Waals surface area contributed by atoms with Gasteiger partial charge in [0, 0.05) is 18.1 Å². The summed E-state index contributed by atoms with van der Waals surface area (Å²) in [4.78, 5) is 0. The molecule has 2 N–H and O–H groups in total. The number of aliphatic hydroxyl groups excluding tert-OH is 1. The maximum atomic E-state index is 9.02. The summed E-state index contributed by atoms with van der Waals surface area (Å²) in [6, 6.07) is 7.66. The van der Waals surface area contributed by atoms with E-state index in [0.29, 0.717) is 19.8 Å². The molecule has 1 aromatic carbocycles. The van der Waals surface area contributed by atoms with E-state index < -0.39 is 0 Å². The van der Waals surface area contributed by atoms with Gasteiger partial charge in [-0.05, 0) is 18.2 Å². The zero-order chi connectivity index (χ0) is 12.5. The molecule has 1 aromatic rings. The molecule has 17 heavy (non-hydrogen) atoms. The topological polar surface area (TPSA) is 50.7 Å². The number of hydrogen-bond donors (Lipinski definition) is 2. The molecule has 0 fully saturated rings. The molecule has 0 aliphatic heterocycles. The van der Waals surface area contributed by atoms with Crippen molar-refractivity contribution in [1.82, 2.24) is 5.32 Å². The van der Waals surface area contributed by atoms with Crippen LogP contribution in [0.5, 0.6) is 5.75 Å². The van der Waals surface area contributed by atoms with Crippen LogP contribution in [0.3, 0.4) is 0 Å². The molecular weight excluding hydrogens is 286 g/mol. The van der Waals surface area contributed by atoms with Crippen molar-refractivity contribution < 1.29 is 14.6 Å². The Hall–Kier alpha value is -0.620. The summed E-state index contributed by atoms with van der Waals surface area (Å²) in [5.74, 6) is 0.827. The Labute approximate surface area is 110 Å². The summed E-state index contributed by atoms with van der Waals surface area (Å²) in [7, 11) is 1.61. The Balaban J connectivity index is 2.19. The highest BCUT2D eigenvalue weighted by Gasteiger charge is 2.04. The smallest absolute Gasteiger partial charge is 0.120 e. The van der Waals surface area contributed by atoms with Gasteiger partial charge >= 0.3 is 0 Å². The minimum Gasteiger partial charge on any atom is -0.492 e. The third-order valence-electron chi connectivity index (χ3n) is 2.19. The fraction of sp³-hybridized carbons (Fsp3) is 0.500. The molecule has 1 rings (SSSR count). The van der Waals surface area contributed by atoms with Gasteiger partial charge in [-0.3, -0.25) is 0 Å². The lowest BCUT2D eigenvalue weighted by Crippen LogP contribution is -2.38. The largest absolute Gasteiger partial charge is 0.492 e. The molecule has 0 saturated carbocycles. The standard InChI is InChI=1S/C12H18BrNO3/c1-16-9-11(8-15)14-5-6-17-12-4-2-3-10(13)7-12/h2-4,7,11,14-15H,5-6,8-9H2,1H3. The van der Waals surface area contributed by atoms with Gasteiger partial charge in [0.2, 0.25) is 0 Å². The van der Waals surface area contributed by atoms with Crippen LogP contribution in [0.1, 0.15) is 0 Å². The average Bonchev–Trinajstić information content (AvgIpc) is 2.33. The van der Waals surface area contributed by atoms with Gasteiger partial charge in [-0.15, -0.1) is 0 Å². The molecule has 0 radical (unpaired) electrons. The van der Waals surface area contributed by atoms with E-state index in [1.54, 1.807) is 7.11 Å². The van der Waals surface area contributed by atoms with Crippen molar-refractivity contribution in [3.8, 4) is 5.75 Å². The van der Waals surface area contributed by atoms with Gasteiger partial charge in [0.25, 0.3) is 0 Å². The molecule has 5 heteroatoms. The number of aliphatic hydroxyl groups is 1. The van der Waals surface area contributed by atoms with Crippen molar-refractivity contribution in [1.29, 1.82) is 0 Å². The van der Waals surface area contributed by atoms with E-state index in [0.717, 1.165) is 10.2 Å². The van der Waals surface area contributed by atoms with Crippen LogP contribution in [0.25, 0.3) is 0 Å². The zero-order valence-corrected chi connectivity index (χ0v) is 11.4. The summed E-state index contributed by atoms with van der Waals surface area (Å²) in [6.07, 6.45) is 0. The zero-order valence-electron chi connectivity index (χ0n) is 9.86. The molecule has 1 atom stereocenters. The minimum absolute atomic E-state index is 0.0360. The maximum Gasteiger partial charge on any atom is 0.120 e. The van der Waals surface area contributed by atoms with E-state index in [4.69, 9.17) is 14.6 Å². The Morgan fingerprint density at radius 3 is 2.94 bits per heavy atom. The normalized spacial score (nSPS) is 12.4. The van der Waals surface area contributed by atoms with E-state index in [2.05, 4.69) is 21.2 Å². The number of rotatable bonds is 8. The van der Waals surface area contributed by atoms with Crippen LogP contribution in [0.2, 0.25) is 0 Å². The second-order valence-electron chi connectivity index (χ2n) is 3.59. The molecule has 0 aliphatic rings. The molecular formula is C12H18BrNO3. The summed E-state index contributed by atoms with van der Waals surface area (Å²) in [5.41, 5.74) is 0. The van der Waals surface area contributed by atoms with Crippen molar-refractivity contribution in [3.63, 3.8) is 0 Å². The molecule has 0 bridgehead atoms. The Kier molecular flexibility index (Phi) is 7.19. The highest BCUT2D eigenvalue weighted by molar-refractivity contribution is 9.10. The number of ether oxygens (including phenoxy) is 2. The molecule has 4 nitrogen and oxygen atoms in total. The van der Waals surface area contributed by atoms with Crippen molar-refractivity contribution in [2.45, 2.75) is 6.04 Å². The monoisotopic (exact) mass is 303 g/mol. The predicted molar refractivity (Wildman–Crippen MR) is 70.4 cm³/mol. The molecule has 0 aliphatic carbocycles. The van der Waals surface area contributed by atoms with Crippen LogP contribution in [-0.2, 0) is 4.74 Å². The minimum atomic E-state index is -0.0360. The molecule has 0 spiro atoms. The van der Waals surface area contributed by atoms with Crippen LogP contribution < -0.4 is 10.1 Å². The first-order chi connectivity index (χ1) is 8.26. The van der Waals surface area contributed by atoms with Crippen LogP contribution >= 0.6 is 15.9 Å². The van der Waals surface area contributed by atoms with Crippen LogP contribution in [0, 0.1) is 0 Å². The van der Waals surface area contributed by atoms with Crippen molar-refractivity contribution >= 4 is 15.9 Å². The molecule has 0 aromatic heterocycles. The summed E-state index contributed by atoms with van der Waals surface area (Å²) in [5, 5.41) is 12.2. The van der Waals surface area contributed by atoms with Crippen molar-refractivity contribution in [2.24, 2.45) is 0 Å². The second kappa shape index (κ2) is 8.47. The van der Waals surface area contributed by atoms with Crippen LogP contribution in [0.15, 0.2) is 28.7 Å². The summed E-state index contributed by atoms with van der Waals surface area (Å²) in [6.45, 7) is 1.77. The van der Waals surface area contributed by atoms with Gasteiger partial charge < -0.3 is 19.9 Å². The lowest BCUT2D eigenvalue weighted by Gasteiger charge is -2.15. The molecule has 96 valence electrons. The highest BCUT2D eigenvalue weighted by Crippen LogP contribution is 2.17. The van der Waals surface area contributed by atoms with Gasteiger partial charge in [0.05, 0.1) is 19.3 Å². The van der Waals surface area contributed by atoms with E-state index in [1.807, 2.05) is 24.3 Å². The lowest BCUT2D eigenvalue weighted by atomic mass is 10.3. The number of hydrogen-bond acceptors (Lipinski definition) is 4. The molecule has 1 unspecified atom stereocenters. The van der Waals surface area contributed by atoms with Crippen molar-refractivity contribution in [3.05, 3.63) is 28.7 Å². The third-order valence-corrected chi connectivity index (χ3v) is 2.68. The Morgan fingerprint density at radius 1 is 1.47 bits per heavy atom. The average molecular weight is 304 g/mol. The first-order valence-corrected chi connectivity index (χ1v) is 6.27. The van der Waals surface area contributed by atoms with Gasteiger partial charge in [-0.25, -0.2) is 0 Å². The highest BCUT2D eigenvalue weighted by atomic mass is 79.9. The SMILES string of the molecule is COCC(CO)NCCOc1cccc(Br)c1. The van der Waals surface area contributed by atoms with E-state index in [1.165, 1.54) is 0 Å². The van der Waals surface area contributed by atoms with Crippen LogP contribution in [0.4, 0.5) is 0 Å². The Morgan fingerprint density at radius 2 is 2.29 bits per heavy atom.